The van der Waals surface area contributed by atoms with Crippen LogP contribution in [0.4, 0.5) is 0 Å². The molecule has 0 spiro atoms. The van der Waals surface area contributed by atoms with Gasteiger partial charge in [-0.15, -0.1) is 0 Å². The van der Waals surface area contributed by atoms with Gasteiger partial charge in [-0.3, -0.25) is 4.79 Å². The quantitative estimate of drug-likeness (QED) is 0.703. The summed E-state index contributed by atoms with van der Waals surface area (Å²) >= 11 is 3.59. The Morgan fingerprint density at radius 1 is 1.00 bits per heavy atom. The Hall–Kier alpha value is -1.41. The van der Waals surface area contributed by atoms with Gasteiger partial charge in [0.2, 0.25) is 0 Å². The number of carbonyl (C=O) groups excluding carboxylic acids is 1. The fourth-order valence-electron chi connectivity index (χ4n) is 2.66. The summed E-state index contributed by atoms with van der Waals surface area (Å²) in [6, 6.07) is 18.9. The summed E-state index contributed by atoms with van der Waals surface area (Å²) in [6.07, 6.45) is 3.87. The van der Waals surface area contributed by atoms with Crippen molar-refractivity contribution >= 4 is 21.7 Å². The first-order valence-electron chi connectivity index (χ1n) is 7.52. The molecule has 0 saturated heterocycles. The van der Waals surface area contributed by atoms with Gasteiger partial charge >= 0.3 is 0 Å². The second-order valence-corrected chi connectivity index (χ2v) is 6.88. The lowest BCUT2D eigenvalue weighted by Crippen LogP contribution is -2.19. The number of carbonyl (C=O) groups is 1. The van der Waals surface area contributed by atoms with E-state index < -0.39 is 0 Å². The van der Waals surface area contributed by atoms with E-state index in [0.29, 0.717) is 11.7 Å². The average molecular weight is 343 g/mol. The lowest BCUT2D eigenvalue weighted by molar-refractivity contribution is -0.119. The van der Waals surface area contributed by atoms with Crippen LogP contribution in [0.5, 0.6) is 0 Å². The largest absolute Gasteiger partial charge is 0.298 e. The highest BCUT2D eigenvalue weighted by Gasteiger charge is 2.33. The summed E-state index contributed by atoms with van der Waals surface area (Å²) < 4.78 is 0. The predicted octanol–water partition coefficient (Wildman–Crippen LogP) is 4.56. The van der Waals surface area contributed by atoms with Crippen LogP contribution >= 0.6 is 15.9 Å². The Bertz CT molecular complexity index is 616. The highest BCUT2D eigenvalue weighted by Crippen LogP contribution is 2.33. The van der Waals surface area contributed by atoms with E-state index in [2.05, 4.69) is 64.5 Å². The molecule has 108 valence electrons. The molecule has 0 amide bonds. The van der Waals surface area contributed by atoms with E-state index in [1.807, 2.05) is 6.07 Å². The first kappa shape index (κ1) is 14.5. The fraction of sp³-hybridized carbons (Fsp3) is 0.316. The van der Waals surface area contributed by atoms with Crippen LogP contribution in [-0.4, -0.2) is 10.6 Å². The summed E-state index contributed by atoms with van der Waals surface area (Å²) in [6.45, 7) is 0. The third-order valence-corrected chi connectivity index (χ3v) is 4.82. The van der Waals surface area contributed by atoms with Gasteiger partial charge in [0.15, 0.2) is 0 Å². The molecular formula is C19H19BrO. The first-order chi connectivity index (χ1) is 10.2. The second kappa shape index (κ2) is 6.57. The second-order valence-electron chi connectivity index (χ2n) is 5.78. The van der Waals surface area contributed by atoms with Gasteiger partial charge in [-0.2, -0.15) is 0 Å². The predicted molar refractivity (Wildman–Crippen MR) is 89.8 cm³/mol. The van der Waals surface area contributed by atoms with Crippen LogP contribution in [0.15, 0.2) is 54.6 Å². The number of benzene rings is 2. The molecule has 1 fully saturated rings. The number of hydrogen-bond acceptors (Lipinski definition) is 1. The standard InChI is InChI=1S/C19H19BrO/c20-18(19(21)15-10-11-15)13-17-9-5-4-8-16(17)12-14-6-2-1-3-7-14/h1-9,15,18H,10-13H2. The van der Waals surface area contributed by atoms with Crippen molar-refractivity contribution in [3.05, 3.63) is 71.3 Å². The number of alkyl halides is 1. The molecule has 0 aromatic heterocycles. The van der Waals surface area contributed by atoms with E-state index in [-0.39, 0.29) is 4.83 Å². The van der Waals surface area contributed by atoms with Crippen LogP contribution in [-0.2, 0) is 17.6 Å². The summed E-state index contributed by atoms with van der Waals surface area (Å²) in [5, 5.41) is 0. The van der Waals surface area contributed by atoms with Crippen LogP contribution in [0.25, 0.3) is 0 Å². The number of halogens is 1. The fourth-order valence-corrected chi connectivity index (χ4v) is 3.38. The number of hydrogen-bond donors (Lipinski definition) is 0. The van der Waals surface area contributed by atoms with Gasteiger partial charge in [0.05, 0.1) is 4.83 Å². The molecule has 1 aliphatic carbocycles. The number of Topliss-reactive ketones (excluding diaryl/α,β-unsaturated/α-hetero) is 1. The van der Waals surface area contributed by atoms with Gasteiger partial charge < -0.3 is 0 Å². The molecule has 0 aliphatic heterocycles. The van der Waals surface area contributed by atoms with Gasteiger partial charge in [-0.1, -0.05) is 70.5 Å². The Balaban J connectivity index is 1.74. The normalized spacial score (nSPS) is 15.7. The molecule has 2 aromatic rings. The maximum atomic E-state index is 12.1. The van der Waals surface area contributed by atoms with Crippen molar-refractivity contribution in [2.24, 2.45) is 5.92 Å². The van der Waals surface area contributed by atoms with Gasteiger partial charge in [-0.05, 0) is 42.4 Å². The van der Waals surface area contributed by atoms with E-state index >= 15 is 0 Å². The average Bonchev–Trinajstić information content (AvgIpc) is 3.34. The smallest absolute Gasteiger partial charge is 0.149 e. The molecule has 21 heavy (non-hydrogen) atoms. The van der Waals surface area contributed by atoms with Crippen LogP contribution in [0.3, 0.4) is 0 Å². The Labute approximate surface area is 134 Å². The highest BCUT2D eigenvalue weighted by atomic mass is 79.9. The molecule has 1 atom stereocenters. The Morgan fingerprint density at radius 2 is 1.62 bits per heavy atom. The van der Waals surface area contributed by atoms with Crippen molar-refractivity contribution in [2.45, 2.75) is 30.5 Å². The van der Waals surface area contributed by atoms with Gasteiger partial charge in [0.1, 0.15) is 5.78 Å². The molecule has 1 aliphatic rings. The van der Waals surface area contributed by atoms with E-state index in [9.17, 15) is 4.79 Å². The van der Waals surface area contributed by atoms with E-state index in [0.717, 1.165) is 25.7 Å². The topological polar surface area (TPSA) is 17.1 Å². The van der Waals surface area contributed by atoms with Crippen LogP contribution < -0.4 is 0 Å². The maximum Gasteiger partial charge on any atom is 0.149 e. The molecule has 2 aromatic carbocycles. The monoisotopic (exact) mass is 342 g/mol. The zero-order chi connectivity index (χ0) is 14.7. The summed E-state index contributed by atoms with van der Waals surface area (Å²) in [4.78, 5) is 12.1. The third kappa shape index (κ3) is 3.82. The van der Waals surface area contributed by atoms with Crippen molar-refractivity contribution in [3.8, 4) is 0 Å². The summed E-state index contributed by atoms with van der Waals surface area (Å²) in [7, 11) is 0. The molecule has 1 unspecified atom stereocenters. The van der Waals surface area contributed by atoms with Gasteiger partial charge in [0, 0.05) is 5.92 Å². The number of ketones is 1. The lowest BCUT2D eigenvalue weighted by Gasteiger charge is -2.13. The van der Waals surface area contributed by atoms with Crippen molar-refractivity contribution in [1.29, 1.82) is 0 Å². The SMILES string of the molecule is O=C(C(Br)Cc1ccccc1Cc1ccccc1)C1CC1. The van der Waals surface area contributed by atoms with Gasteiger partial charge in [0.25, 0.3) is 0 Å². The first-order valence-corrected chi connectivity index (χ1v) is 8.44. The number of rotatable bonds is 6. The Kier molecular flexibility index (Phi) is 4.54. The zero-order valence-electron chi connectivity index (χ0n) is 12.0. The van der Waals surface area contributed by atoms with Crippen LogP contribution in [0.1, 0.15) is 29.5 Å². The van der Waals surface area contributed by atoms with E-state index in [1.54, 1.807) is 0 Å². The molecule has 0 radical (unpaired) electrons. The Morgan fingerprint density at radius 3 is 2.29 bits per heavy atom. The van der Waals surface area contributed by atoms with Crippen molar-refractivity contribution < 1.29 is 4.79 Å². The van der Waals surface area contributed by atoms with Gasteiger partial charge in [-0.25, -0.2) is 0 Å². The van der Waals surface area contributed by atoms with Crippen LogP contribution in [0.2, 0.25) is 0 Å². The molecule has 2 heteroatoms. The molecular weight excluding hydrogens is 324 g/mol. The molecule has 1 nitrogen and oxygen atoms in total. The molecule has 0 bridgehead atoms. The van der Waals surface area contributed by atoms with E-state index in [4.69, 9.17) is 0 Å². The van der Waals surface area contributed by atoms with Crippen molar-refractivity contribution in [3.63, 3.8) is 0 Å². The summed E-state index contributed by atoms with van der Waals surface area (Å²) in [5.41, 5.74) is 3.90. The van der Waals surface area contributed by atoms with Crippen molar-refractivity contribution in [1.82, 2.24) is 0 Å². The van der Waals surface area contributed by atoms with Crippen molar-refractivity contribution in [2.75, 3.05) is 0 Å². The lowest BCUT2D eigenvalue weighted by atomic mass is 9.95. The van der Waals surface area contributed by atoms with Crippen LogP contribution in [0, 0.1) is 5.92 Å². The molecule has 1 saturated carbocycles. The minimum absolute atomic E-state index is 0.0399. The minimum atomic E-state index is -0.0399. The molecule has 0 heterocycles. The highest BCUT2D eigenvalue weighted by molar-refractivity contribution is 9.10. The molecule has 3 rings (SSSR count). The van der Waals surface area contributed by atoms with E-state index in [1.165, 1.54) is 16.7 Å². The summed E-state index contributed by atoms with van der Waals surface area (Å²) in [5.74, 6) is 0.695. The zero-order valence-corrected chi connectivity index (χ0v) is 13.6. The molecule has 0 N–H and O–H groups in total. The maximum absolute atomic E-state index is 12.1. The third-order valence-electron chi connectivity index (χ3n) is 4.04. The minimum Gasteiger partial charge on any atom is -0.298 e.